The summed E-state index contributed by atoms with van der Waals surface area (Å²) < 4.78 is 4.76. The molecule has 0 aliphatic rings. The first kappa shape index (κ1) is 11.6. The van der Waals surface area contributed by atoms with E-state index in [0.29, 0.717) is 12.1 Å². The van der Waals surface area contributed by atoms with Crippen molar-refractivity contribution in [1.29, 1.82) is 0 Å². The number of ether oxygens (including phenoxy) is 1. The maximum atomic E-state index is 11.5. The van der Waals surface area contributed by atoms with Crippen LogP contribution in [0.3, 0.4) is 0 Å². The van der Waals surface area contributed by atoms with E-state index in [1.165, 1.54) is 7.11 Å². The topological polar surface area (TPSA) is 52.3 Å². The summed E-state index contributed by atoms with van der Waals surface area (Å²) >= 11 is 0. The zero-order valence-corrected chi connectivity index (χ0v) is 9.41. The number of carbonyl (C=O) groups is 1. The maximum absolute atomic E-state index is 11.5. The predicted octanol–water partition coefficient (Wildman–Crippen LogP) is 2.24. The summed E-state index contributed by atoms with van der Waals surface area (Å²) in [6, 6.07) is 5.73. The number of benzene rings is 1. The minimum atomic E-state index is -0.255. The third-order valence-corrected chi connectivity index (χ3v) is 2.63. The first-order chi connectivity index (χ1) is 7.11. The van der Waals surface area contributed by atoms with Gasteiger partial charge in [0.05, 0.1) is 13.0 Å². The molecule has 3 nitrogen and oxygen atoms in total. The van der Waals surface area contributed by atoms with Gasteiger partial charge in [0.25, 0.3) is 0 Å². The van der Waals surface area contributed by atoms with Gasteiger partial charge in [-0.2, -0.15) is 0 Å². The highest BCUT2D eigenvalue weighted by atomic mass is 16.5. The molecule has 0 saturated carbocycles. The summed E-state index contributed by atoms with van der Waals surface area (Å²) in [7, 11) is 1.40. The van der Waals surface area contributed by atoms with Crippen molar-refractivity contribution < 1.29 is 9.53 Å². The average Bonchev–Trinajstić information content (AvgIpc) is 2.24. The number of methoxy groups -OCH3 is 1. The smallest absolute Gasteiger partial charge is 0.313 e. The molecule has 0 aliphatic heterocycles. The lowest BCUT2D eigenvalue weighted by atomic mass is 9.93. The van der Waals surface area contributed by atoms with Crippen molar-refractivity contribution in [1.82, 2.24) is 0 Å². The lowest BCUT2D eigenvalue weighted by molar-refractivity contribution is -0.142. The van der Waals surface area contributed by atoms with Crippen molar-refractivity contribution in [2.75, 3.05) is 12.8 Å². The van der Waals surface area contributed by atoms with Crippen LogP contribution in [-0.2, 0) is 9.53 Å². The second-order valence-corrected chi connectivity index (χ2v) is 3.56. The molecule has 1 aromatic carbocycles. The van der Waals surface area contributed by atoms with Gasteiger partial charge < -0.3 is 10.5 Å². The third kappa shape index (κ3) is 2.29. The van der Waals surface area contributed by atoms with E-state index in [1.54, 1.807) is 0 Å². The molecule has 1 aromatic rings. The zero-order valence-electron chi connectivity index (χ0n) is 9.41. The van der Waals surface area contributed by atoms with Gasteiger partial charge in [0.15, 0.2) is 0 Å². The largest absolute Gasteiger partial charge is 0.469 e. The quantitative estimate of drug-likeness (QED) is 0.611. The van der Waals surface area contributed by atoms with Crippen molar-refractivity contribution in [3.05, 3.63) is 29.3 Å². The van der Waals surface area contributed by atoms with Crippen LogP contribution < -0.4 is 5.73 Å². The van der Waals surface area contributed by atoms with Crippen LogP contribution >= 0.6 is 0 Å². The van der Waals surface area contributed by atoms with Gasteiger partial charge in [-0.05, 0) is 24.5 Å². The Bertz CT molecular complexity index is 361. The molecule has 0 heterocycles. The Morgan fingerprint density at radius 3 is 2.73 bits per heavy atom. The number of aryl methyl sites for hydroxylation is 1. The number of hydrogen-bond donors (Lipinski definition) is 1. The van der Waals surface area contributed by atoms with Gasteiger partial charge in [0.1, 0.15) is 0 Å². The molecule has 0 radical (unpaired) electrons. The number of carbonyl (C=O) groups excluding carboxylic acids is 1. The van der Waals surface area contributed by atoms with Gasteiger partial charge in [0, 0.05) is 5.69 Å². The van der Waals surface area contributed by atoms with E-state index in [4.69, 9.17) is 10.5 Å². The van der Waals surface area contributed by atoms with E-state index in [-0.39, 0.29) is 11.9 Å². The molecule has 0 fully saturated rings. The molecular formula is C12H17NO2. The van der Waals surface area contributed by atoms with Crippen molar-refractivity contribution in [2.45, 2.75) is 26.2 Å². The molecule has 2 N–H and O–H groups in total. The molecular weight excluding hydrogens is 190 g/mol. The standard InChI is InChI=1S/C12H17NO2/c1-4-9(12(14)15-3)10-7-5-6-8(2)11(10)13/h5-7,9H,4,13H2,1-3H3. The minimum absolute atomic E-state index is 0.227. The number of nitrogen functional groups attached to an aromatic ring is 1. The lowest BCUT2D eigenvalue weighted by Gasteiger charge is -2.16. The third-order valence-electron chi connectivity index (χ3n) is 2.63. The Morgan fingerprint density at radius 1 is 1.53 bits per heavy atom. The Morgan fingerprint density at radius 2 is 2.20 bits per heavy atom. The van der Waals surface area contributed by atoms with Crippen LogP contribution in [0.25, 0.3) is 0 Å². The normalized spacial score (nSPS) is 12.2. The molecule has 1 unspecified atom stereocenters. The van der Waals surface area contributed by atoms with Crippen molar-refractivity contribution in [2.24, 2.45) is 0 Å². The van der Waals surface area contributed by atoms with E-state index in [0.717, 1.165) is 11.1 Å². The zero-order chi connectivity index (χ0) is 11.4. The molecule has 15 heavy (non-hydrogen) atoms. The Hall–Kier alpha value is -1.51. The highest BCUT2D eigenvalue weighted by Gasteiger charge is 2.21. The summed E-state index contributed by atoms with van der Waals surface area (Å²) in [5.41, 5.74) is 8.49. The number of hydrogen-bond acceptors (Lipinski definition) is 3. The van der Waals surface area contributed by atoms with Gasteiger partial charge in [-0.3, -0.25) is 4.79 Å². The molecule has 0 aromatic heterocycles. The van der Waals surface area contributed by atoms with Crippen molar-refractivity contribution in [3.8, 4) is 0 Å². The van der Waals surface area contributed by atoms with Gasteiger partial charge in [0.2, 0.25) is 0 Å². The van der Waals surface area contributed by atoms with Gasteiger partial charge >= 0.3 is 5.97 Å². The second-order valence-electron chi connectivity index (χ2n) is 3.56. The molecule has 1 rings (SSSR count). The van der Waals surface area contributed by atoms with E-state index >= 15 is 0 Å². The molecule has 82 valence electrons. The van der Waals surface area contributed by atoms with Gasteiger partial charge in [-0.15, -0.1) is 0 Å². The van der Waals surface area contributed by atoms with E-state index < -0.39 is 0 Å². The van der Waals surface area contributed by atoms with Crippen LogP contribution in [0.2, 0.25) is 0 Å². The number of esters is 1. The number of para-hydroxylation sites is 1. The van der Waals surface area contributed by atoms with Crippen LogP contribution in [0.5, 0.6) is 0 Å². The average molecular weight is 207 g/mol. The number of nitrogens with two attached hydrogens (primary N) is 1. The Labute approximate surface area is 90.2 Å². The fourth-order valence-electron chi connectivity index (χ4n) is 1.66. The van der Waals surface area contributed by atoms with E-state index in [9.17, 15) is 4.79 Å². The molecule has 0 amide bonds. The van der Waals surface area contributed by atoms with Crippen molar-refractivity contribution >= 4 is 11.7 Å². The van der Waals surface area contributed by atoms with Crippen LogP contribution in [0.4, 0.5) is 5.69 Å². The van der Waals surface area contributed by atoms with Gasteiger partial charge in [-0.25, -0.2) is 0 Å². The molecule has 1 atom stereocenters. The van der Waals surface area contributed by atoms with Crippen LogP contribution in [0, 0.1) is 6.92 Å². The first-order valence-corrected chi connectivity index (χ1v) is 5.04. The lowest BCUT2D eigenvalue weighted by Crippen LogP contribution is -2.15. The fourth-order valence-corrected chi connectivity index (χ4v) is 1.66. The number of rotatable bonds is 3. The summed E-state index contributed by atoms with van der Waals surface area (Å²) in [6.45, 7) is 3.88. The highest BCUT2D eigenvalue weighted by molar-refractivity contribution is 5.80. The Balaban J connectivity index is 3.12. The highest BCUT2D eigenvalue weighted by Crippen LogP contribution is 2.28. The summed E-state index contributed by atoms with van der Waals surface area (Å²) in [6.07, 6.45) is 0.695. The Kier molecular flexibility index (Phi) is 3.72. The summed E-state index contributed by atoms with van der Waals surface area (Å²) in [5, 5.41) is 0. The fraction of sp³-hybridized carbons (Fsp3) is 0.417. The molecule has 0 spiro atoms. The summed E-state index contributed by atoms with van der Waals surface area (Å²) in [5.74, 6) is -0.482. The second kappa shape index (κ2) is 4.82. The number of anilines is 1. The first-order valence-electron chi connectivity index (χ1n) is 5.04. The predicted molar refractivity (Wildman–Crippen MR) is 60.6 cm³/mol. The molecule has 0 bridgehead atoms. The van der Waals surface area contributed by atoms with Crippen LogP contribution in [0.15, 0.2) is 18.2 Å². The molecule has 0 aliphatic carbocycles. The maximum Gasteiger partial charge on any atom is 0.313 e. The van der Waals surface area contributed by atoms with E-state index in [1.807, 2.05) is 32.0 Å². The minimum Gasteiger partial charge on any atom is -0.469 e. The summed E-state index contributed by atoms with van der Waals surface area (Å²) in [4.78, 5) is 11.5. The monoisotopic (exact) mass is 207 g/mol. The molecule has 0 saturated heterocycles. The van der Waals surface area contributed by atoms with Crippen molar-refractivity contribution in [3.63, 3.8) is 0 Å². The van der Waals surface area contributed by atoms with Crippen LogP contribution in [0.1, 0.15) is 30.4 Å². The van der Waals surface area contributed by atoms with Crippen LogP contribution in [-0.4, -0.2) is 13.1 Å². The van der Waals surface area contributed by atoms with E-state index in [2.05, 4.69) is 0 Å². The van der Waals surface area contributed by atoms with Gasteiger partial charge in [-0.1, -0.05) is 25.1 Å². The molecule has 3 heteroatoms. The SMILES string of the molecule is CCC(C(=O)OC)c1cccc(C)c1N.